The summed E-state index contributed by atoms with van der Waals surface area (Å²) in [4.78, 5) is 10.4. The summed E-state index contributed by atoms with van der Waals surface area (Å²) in [5.41, 5.74) is 1.35. The van der Waals surface area contributed by atoms with E-state index in [0.717, 1.165) is 11.6 Å². The predicted molar refractivity (Wildman–Crippen MR) is 59.3 cm³/mol. The third-order valence-corrected chi connectivity index (χ3v) is 1.94. The first-order chi connectivity index (χ1) is 7.99. The summed E-state index contributed by atoms with van der Waals surface area (Å²) in [6.45, 7) is 1.10. The molecule has 1 rings (SSSR count). The summed E-state index contributed by atoms with van der Waals surface area (Å²) < 4.78 is 28.9. The quantitative estimate of drug-likeness (QED) is 0.807. The number of carbonyl (C=O) groups is 1. The molecule has 0 aromatic heterocycles. The van der Waals surface area contributed by atoms with E-state index in [4.69, 9.17) is 9.84 Å². The average molecular weight is 242 g/mol. The highest BCUT2D eigenvalue weighted by Crippen LogP contribution is 2.22. The van der Waals surface area contributed by atoms with Gasteiger partial charge in [0.1, 0.15) is 12.4 Å². The van der Waals surface area contributed by atoms with Crippen molar-refractivity contribution in [3.8, 4) is 5.75 Å². The Morgan fingerprint density at radius 3 is 2.82 bits per heavy atom. The van der Waals surface area contributed by atoms with Crippen LogP contribution in [0.15, 0.2) is 24.3 Å². The molecule has 0 atom stereocenters. The number of hydrogen-bond acceptors (Lipinski definition) is 2. The Kier molecular flexibility index (Phi) is 4.63. The van der Waals surface area contributed by atoms with Gasteiger partial charge in [-0.25, -0.2) is 13.6 Å². The van der Waals surface area contributed by atoms with E-state index < -0.39 is 19.0 Å². The molecule has 0 aliphatic heterocycles. The van der Waals surface area contributed by atoms with Crippen LogP contribution in [0, 0.1) is 6.92 Å². The predicted octanol–water partition coefficient (Wildman–Crippen LogP) is 2.74. The van der Waals surface area contributed by atoms with Crippen molar-refractivity contribution in [1.82, 2.24) is 0 Å². The number of carboxylic acids is 1. The Balaban J connectivity index is 2.91. The maximum Gasteiger partial charge on any atom is 0.328 e. The van der Waals surface area contributed by atoms with Crippen molar-refractivity contribution in [1.29, 1.82) is 0 Å². The van der Waals surface area contributed by atoms with Crippen molar-refractivity contribution in [2.24, 2.45) is 0 Å². The fourth-order valence-electron chi connectivity index (χ4n) is 1.24. The molecule has 3 nitrogen and oxygen atoms in total. The van der Waals surface area contributed by atoms with Crippen molar-refractivity contribution in [2.75, 3.05) is 6.61 Å². The zero-order valence-electron chi connectivity index (χ0n) is 9.19. The van der Waals surface area contributed by atoms with Crippen LogP contribution in [0.1, 0.15) is 11.1 Å². The molecule has 0 radical (unpaired) electrons. The summed E-state index contributed by atoms with van der Waals surface area (Å²) in [7, 11) is 0. The molecule has 0 bridgehead atoms. The van der Waals surface area contributed by atoms with E-state index in [1.54, 1.807) is 18.2 Å². The van der Waals surface area contributed by atoms with Gasteiger partial charge in [0.25, 0.3) is 6.43 Å². The fraction of sp³-hybridized carbons (Fsp3) is 0.250. The Morgan fingerprint density at radius 1 is 1.53 bits per heavy atom. The van der Waals surface area contributed by atoms with Gasteiger partial charge in [0.2, 0.25) is 0 Å². The second kappa shape index (κ2) is 5.98. The van der Waals surface area contributed by atoms with Gasteiger partial charge in [-0.15, -0.1) is 0 Å². The van der Waals surface area contributed by atoms with Gasteiger partial charge in [-0.05, 0) is 25.1 Å². The molecule has 0 saturated carbocycles. The topological polar surface area (TPSA) is 46.5 Å². The number of benzene rings is 1. The first-order valence-electron chi connectivity index (χ1n) is 4.91. The number of ether oxygens (including phenoxy) is 1. The van der Waals surface area contributed by atoms with Crippen molar-refractivity contribution in [3.63, 3.8) is 0 Å². The number of aryl methyl sites for hydroxylation is 1. The lowest BCUT2D eigenvalue weighted by atomic mass is 10.1. The van der Waals surface area contributed by atoms with Crippen molar-refractivity contribution in [2.45, 2.75) is 13.3 Å². The van der Waals surface area contributed by atoms with Gasteiger partial charge in [0.05, 0.1) is 0 Å². The summed E-state index contributed by atoms with van der Waals surface area (Å²) in [5, 5.41) is 8.51. The maximum absolute atomic E-state index is 12.0. The van der Waals surface area contributed by atoms with Crippen LogP contribution in [0.3, 0.4) is 0 Å². The van der Waals surface area contributed by atoms with Crippen molar-refractivity contribution < 1.29 is 23.4 Å². The van der Waals surface area contributed by atoms with E-state index in [1.165, 1.54) is 6.08 Å². The van der Waals surface area contributed by atoms with E-state index in [9.17, 15) is 13.6 Å². The highest BCUT2D eigenvalue weighted by atomic mass is 19.3. The standard InChI is InChI=1S/C12H12F2O3/c1-8-2-4-10(17-7-11(13)14)9(6-8)3-5-12(15)16/h2-6,11H,7H2,1H3,(H,15,16)/b5-3+. The van der Waals surface area contributed by atoms with Gasteiger partial charge < -0.3 is 9.84 Å². The molecule has 92 valence electrons. The summed E-state index contributed by atoms with van der Waals surface area (Å²) in [5.74, 6) is -0.861. The number of rotatable bonds is 5. The molecular formula is C12H12F2O3. The first-order valence-corrected chi connectivity index (χ1v) is 4.91. The molecule has 0 aliphatic rings. The van der Waals surface area contributed by atoms with Gasteiger partial charge in [-0.3, -0.25) is 0 Å². The van der Waals surface area contributed by atoms with E-state index in [1.807, 2.05) is 6.92 Å². The second-order valence-corrected chi connectivity index (χ2v) is 3.41. The molecule has 0 spiro atoms. The van der Waals surface area contributed by atoms with Gasteiger partial charge in [0, 0.05) is 11.6 Å². The number of halogens is 2. The monoisotopic (exact) mass is 242 g/mol. The normalized spacial score (nSPS) is 11.1. The molecule has 0 amide bonds. The van der Waals surface area contributed by atoms with E-state index in [2.05, 4.69) is 0 Å². The molecule has 1 N–H and O–H groups in total. The molecule has 0 fully saturated rings. The van der Waals surface area contributed by atoms with Crippen molar-refractivity contribution in [3.05, 3.63) is 35.4 Å². The third-order valence-electron chi connectivity index (χ3n) is 1.94. The SMILES string of the molecule is Cc1ccc(OCC(F)F)c(/C=C/C(=O)O)c1. The second-order valence-electron chi connectivity index (χ2n) is 3.41. The van der Waals surface area contributed by atoms with E-state index in [-0.39, 0.29) is 5.75 Å². The Labute approximate surface area is 97.3 Å². The van der Waals surface area contributed by atoms with Gasteiger partial charge in [-0.1, -0.05) is 11.6 Å². The number of aliphatic carboxylic acids is 1. The summed E-state index contributed by atoms with van der Waals surface area (Å²) >= 11 is 0. The molecule has 0 saturated heterocycles. The molecule has 0 unspecified atom stereocenters. The van der Waals surface area contributed by atoms with Crippen LogP contribution in [0.2, 0.25) is 0 Å². The Morgan fingerprint density at radius 2 is 2.24 bits per heavy atom. The highest BCUT2D eigenvalue weighted by molar-refractivity contribution is 5.85. The molecule has 1 aromatic rings. The van der Waals surface area contributed by atoms with Crippen LogP contribution >= 0.6 is 0 Å². The van der Waals surface area contributed by atoms with Crippen LogP contribution in [0.25, 0.3) is 6.08 Å². The smallest absolute Gasteiger partial charge is 0.328 e. The first kappa shape index (κ1) is 13.2. The van der Waals surface area contributed by atoms with Gasteiger partial charge in [-0.2, -0.15) is 0 Å². The molecular weight excluding hydrogens is 230 g/mol. The third kappa shape index (κ3) is 4.63. The lowest BCUT2D eigenvalue weighted by Crippen LogP contribution is -2.07. The lowest BCUT2D eigenvalue weighted by molar-refractivity contribution is -0.131. The number of carboxylic acid groups (broad SMARTS) is 1. The molecule has 17 heavy (non-hydrogen) atoms. The summed E-state index contributed by atoms with van der Waals surface area (Å²) in [6, 6.07) is 4.92. The minimum Gasteiger partial charge on any atom is -0.487 e. The zero-order valence-corrected chi connectivity index (χ0v) is 9.19. The molecule has 5 heteroatoms. The molecule has 0 heterocycles. The maximum atomic E-state index is 12.0. The largest absolute Gasteiger partial charge is 0.487 e. The zero-order chi connectivity index (χ0) is 12.8. The minimum atomic E-state index is -2.56. The minimum absolute atomic E-state index is 0.244. The van der Waals surface area contributed by atoms with E-state index in [0.29, 0.717) is 5.56 Å². The summed E-state index contributed by atoms with van der Waals surface area (Å²) in [6.07, 6.45) is -0.312. The van der Waals surface area contributed by atoms with Crippen molar-refractivity contribution >= 4 is 12.0 Å². The number of alkyl halides is 2. The highest BCUT2D eigenvalue weighted by Gasteiger charge is 2.06. The van der Waals surface area contributed by atoms with Crippen LogP contribution in [0.4, 0.5) is 8.78 Å². The van der Waals surface area contributed by atoms with Crippen LogP contribution in [0.5, 0.6) is 5.75 Å². The lowest BCUT2D eigenvalue weighted by Gasteiger charge is -2.09. The Hall–Kier alpha value is -1.91. The molecule has 1 aromatic carbocycles. The van der Waals surface area contributed by atoms with E-state index >= 15 is 0 Å². The van der Waals surface area contributed by atoms with Crippen LogP contribution in [-0.2, 0) is 4.79 Å². The Bertz CT molecular complexity index is 428. The number of hydrogen-bond donors (Lipinski definition) is 1. The average Bonchev–Trinajstić information content (AvgIpc) is 2.24. The van der Waals surface area contributed by atoms with Crippen LogP contribution < -0.4 is 4.74 Å². The van der Waals surface area contributed by atoms with Gasteiger partial charge in [0.15, 0.2) is 0 Å². The molecule has 0 aliphatic carbocycles. The van der Waals surface area contributed by atoms with Gasteiger partial charge >= 0.3 is 5.97 Å². The van der Waals surface area contributed by atoms with Crippen LogP contribution in [-0.4, -0.2) is 24.1 Å². The fourth-order valence-corrected chi connectivity index (χ4v) is 1.24.